The predicted molar refractivity (Wildman–Crippen MR) is 142 cm³/mol. The minimum absolute atomic E-state index is 0.0316. The Balaban J connectivity index is 1.57. The fourth-order valence-corrected chi connectivity index (χ4v) is 4.29. The van der Waals surface area contributed by atoms with E-state index < -0.39 is 0 Å². The summed E-state index contributed by atoms with van der Waals surface area (Å²) in [5.74, 6) is -0.0316. The van der Waals surface area contributed by atoms with Gasteiger partial charge in [-0.15, -0.1) is 0 Å². The van der Waals surface area contributed by atoms with Crippen LogP contribution in [0.4, 0.5) is 5.69 Å². The Bertz CT molecular complexity index is 1480. The standard InChI is InChI=1S/C31H26N2O/c1-22-18-26-19-29(24-14-8-4-9-15-24)33(2)30(26)20-27(22)32-28(23-12-6-3-7-13-23)21-31(34)25-16-10-5-11-17-25/h3-21,32H,1-2H3/b28-21-. The number of aromatic nitrogens is 1. The number of nitrogens with one attached hydrogen (secondary N) is 1. The highest BCUT2D eigenvalue weighted by molar-refractivity contribution is 6.09. The van der Waals surface area contributed by atoms with Gasteiger partial charge in [0, 0.05) is 41.2 Å². The van der Waals surface area contributed by atoms with Crippen molar-refractivity contribution in [2.24, 2.45) is 7.05 Å². The highest BCUT2D eigenvalue weighted by Gasteiger charge is 2.13. The molecule has 0 radical (unpaired) electrons. The molecule has 1 N–H and O–H groups in total. The number of hydrogen-bond donors (Lipinski definition) is 1. The first-order valence-electron chi connectivity index (χ1n) is 11.4. The van der Waals surface area contributed by atoms with Gasteiger partial charge in [0.1, 0.15) is 0 Å². The maximum absolute atomic E-state index is 13.0. The lowest BCUT2D eigenvalue weighted by Crippen LogP contribution is -2.05. The summed E-state index contributed by atoms with van der Waals surface area (Å²) in [7, 11) is 2.09. The molecule has 0 amide bonds. The molecule has 0 unspecified atom stereocenters. The van der Waals surface area contributed by atoms with Crippen LogP contribution in [0.15, 0.2) is 115 Å². The van der Waals surface area contributed by atoms with Crippen LogP contribution in [0.2, 0.25) is 0 Å². The topological polar surface area (TPSA) is 34.0 Å². The summed E-state index contributed by atoms with van der Waals surface area (Å²) in [6, 6.07) is 36.4. The molecule has 0 bridgehead atoms. The van der Waals surface area contributed by atoms with Crippen LogP contribution < -0.4 is 5.32 Å². The summed E-state index contributed by atoms with van der Waals surface area (Å²) < 4.78 is 2.22. The number of nitrogens with zero attached hydrogens (tertiary/aromatic N) is 1. The molecular weight excluding hydrogens is 416 g/mol. The van der Waals surface area contributed by atoms with Crippen LogP contribution in [0, 0.1) is 6.92 Å². The number of hydrogen-bond acceptors (Lipinski definition) is 2. The number of carbonyl (C=O) groups excluding carboxylic acids is 1. The largest absolute Gasteiger partial charge is 0.355 e. The van der Waals surface area contributed by atoms with Crippen molar-refractivity contribution in [3.05, 3.63) is 132 Å². The van der Waals surface area contributed by atoms with Gasteiger partial charge in [-0.2, -0.15) is 0 Å². The first-order valence-corrected chi connectivity index (χ1v) is 11.4. The molecule has 3 nitrogen and oxygen atoms in total. The molecule has 0 atom stereocenters. The van der Waals surface area contributed by atoms with E-state index in [0.717, 1.165) is 28.0 Å². The van der Waals surface area contributed by atoms with E-state index >= 15 is 0 Å². The van der Waals surface area contributed by atoms with E-state index in [1.165, 1.54) is 16.6 Å². The average molecular weight is 443 g/mol. The highest BCUT2D eigenvalue weighted by atomic mass is 16.1. The Hall–Kier alpha value is -4.37. The molecule has 0 saturated heterocycles. The Morgan fingerprint density at radius 1 is 0.765 bits per heavy atom. The number of aryl methyl sites for hydroxylation is 2. The summed E-state index contributed by atoms with van der Waals surface area (Å²) in [5, 5.41) is 4.75. The van der Waals surface area contributed by atoms with Gasteiger partial charge in [0.2, 0.25) is 0 Å². The molecule has 0 aliphatic rings. The van der Waals surface area contributed by atoms with Gasteiger partial charge >= 0.3 is 0 Å². The summed E-state index contributed by atoms with van der Waals surface area (Å²) in [6.45, 7) is 2.10. The number of rotatable bonds is 6. The molecule has 34 heavy (non-hydrogen) atoms. The number of benzene rings is 4. The lowest BCUT2D eigenvalue weighted by Gasteiger charge is -2.15. The van der Waals surface area contributed by atoms with Gasteiger partial charge in [-0.3, -0.25) is 4.79 Å². The quantitative estimate of drug-likeness (QED) is 0.218. The van der Waals surface area contributed by atoms with Crippen molar-refractivity contribution in [2.45, 2.75) is 6.92 Å². The molecule has 3 heteroatoms. The van der Waals surface area contributed by atoms with Crippen LogP contribution in [-0.4, -0.2) is 10.4 Å². The maximum atomic E-state index is 13.0. The third-order valence-electron chi connectivity index (χ3n) is 6.15. The number of allylic oxidation sites excluding steroid dienone is 1. The van der Waals surface area contributed by atoms with Gasteiger partial charge in [-0.25, -0.2) is 0 Å². The Kier molecular flexibility index (Phi) is 5.84. The number of anilines is 1. The zero-order chi connectivity index (χ0) is 23.5. The van der Waals surface area contributed by atoms with Crippen molar-refractivity contribution in [1.29, 1.82) is 0 Å². The Morgan fingerprint density at radius 3 is 2.00 bits per heavy atom. The van der Waals surface area contributed by atoms with Gasteiger partial charge in [0.15, 0.2) is 5.78 Å². The fraction of sp³-hybridized carbons (Fsp3) is 0.0645. The van der Waals surface area contributed by atoms with Gasteiger partial charge in [-0.1, -0.05) is 91.0 Å². The van der Waals surface area contributed by atoms with E-state index in [0.29, 0.717) is 5.56 Å². The lowest BCUT2D eigenvalue weighted by atomic mass is 10.1. The van der Waals surface area contributed by atoms with E-state index in [1.807, 2.05) is 66.7 Å². The minimum Gasteiger partial charge on any atom is -0.355 e. The second-order valence-electron chi connectivity index (χ2n) is 8.46. The number of ketones is 1. The van der Waals surface area contributed by atoms with Crippen LogP contribution in [0.5, 0.6) is 0 Å². The van der Waals surface area contributed by atoms with E-state index in [9.17, 15) is 4.79 Å². The molecule has 4 aromatic carbocycles. The van der Waals surface area contributed by atoms with E-state index in [4.69, 9.17) is 0 Å². The van der Waals surface area contributed by atoms with Crippen molar-refractivity contribution in [2.75, 3.05) is 5.32 Å². The lowest BCUT2D eigenvalue weighted by molar-refractivity contribution is 0.104. The van der Waals surface area contributed by atoms with Gasteiger partial charge in [0.05, 0.1) is 5.52 Å². The first-order chi connectivity index (χ1) is 16.6. The smallest absolute Gasteiger partial charge is 0.187 e. The van der Waals surface area contributed by atoms with Gasteiger partial charge < -0.3 is 9.88 Å². The molecule has 0 aliphatic carbocycles. The molecule has 0 spiro atoms. The van der Waals surface area contributed by atoms with Gasteiger partial charge in [0.25, 0.3) is 0 Å². The fourth-order valence-electron chi connectivity index (χ4n) is 4.29. The van der Waals surface area contributed by atoms with Crippen LogP contribution in [0.25, 0.3) is 27.9 Å². The SMILES string of the molecule is Cc1cc2cc(-c3ccccc3)n(C)c2cc1N/C(=C\C(=O)c1ccccc1)c1ccccc1. The van der Waals surface area contributed by atoms with Crippen LogP contribution in [0.1, 0.15) is 21.5 Å². The van der Waals surface area contributed by atoms with Crippen LogP contribution in [-0.2, 0) is 7.05 Å². The molecule has 0 aliphatic heterocycles. The Labute approximate surface area is 200 Å². The molecule has 1 aromatic heterocycles. The molecule has 166 valence electrons. The number of carbonyl (C=O) groups is 1. The summed E-state index contributed by atoms with van der Waals surface area (Å²) in [4.78, 5) is 13.0. The average Bonchev–Trinajstić information content (AvgIpc) is 3.20. The summed E-state index contributed by atoms with van der Waals surface area (Å²) >= 11 is 0. The molecule has 1 heterocycles. The third kappa shape index (κ3) is 4.28. The normalized spacial score (nSPS) is 11.5. The summed E-state index contributed by atoms with van der Waals surface area (Å²) in [5.41, 5.74) is 7.99. The van der Waals surface area contributed by atoms with Crippen molar-refractivity contribution >= 4 is 28.1 Å². The van der Waals surface area contributed by atoms with Crippen molar-refractivity contribution in [3.8, 4) is 11.3 Å². The molecule has 0 fully saturated rings. The monoisotopic (exact) mass is 442 g/mol. The summed E-state index contributed by atoms with van der Waals surface area (Å²) in [6.07, 6.45) is 1.69. The minimum atomic E-state index is -0.0316. The Morgan fingerprint density at radius 2 is 1.35 bits per heavy atom. The molecule has 5 rings (SSSR count). The number of fused-ring (bicyclic) bond motifs is 1. The molecular formula is C31H26N2O. The van der Waals surface area contributed by atoms with Crippen molar-refractivity contribution < 1.29 is 4.79 Å². The van der Waals surface area contributed by atoms with Crippen molar-refractivity contribution in [3.63, 3.8) is 0 Å². The van der Waals surface area contributed by atoms with Crippen molar-refractivity contribution in [1.82, 2.24) is 4.57 Å². The van der Waals surface area contributed by atoms with Crippen LogP contribution >= 0.6 is 0 Å². The first kappa shape index (κ1) is 21.5. The second kappa shape index (κ2) is 9.24. The van der Waals surface area contributed by atoms with E-state index in [1.54, 1.807) is 6.08 Å². The predicted octanol–water partition coefficient (Wildman–Crippen LogP) is 7.49. The maximum Gasteiger partial charge on any atom is 0.187 e. The zero-order valence-electron chi connectivity index (χ0n) is 19.3. The van der Waals surface area contributed by atoms with E-state index in [-0.39, 0.29) is 5.78 Å². The third-order valence-corrected chi connectivity index (χ3v) is 6.15. The van der Waals surface area contributed by atoms with E-state index in [2.05, 4.69) is 66.3 Å². The highest BCUT2D eigenvalue weighted by Crippen LogP contribution is 2.32. The van der Waals surface area contributed by atoms with Crippen LogP contribution in [0.3, 0.4) is 0 Å². The zero-order valence-corrected chi connectivity index (χ0v) is 19.3. The van der Waals surface area contributed by atoms with Gasteiger partial charge in [-0.05, 0) is 41.8 Å². The second-order valence-corrected chi connectivity index (χ2v) is 8.46. The molecule has 0 saturated carbocycles. The molecule has 5 aromatic rings.